The van der Waals surface area contributed by atoms with Gasteiger partial charge in [-0.3, -0.25) is 4.99 Å². The normalized spacial score (nSPS) is 25.4. The highest BCUT2D eigenvalue weighted by molar-refractivity contribution is 14.0. The van der Waals surface area contributed by atoms with Gasteiger partial charge in [0.15, 0.2) is 5.96 Å². The highest BCUT2D eigenvalue weighted by Crippen LogP contribution is 2.38. The molecule has 0 radical (unpaired) electrons. The van der Waals surface area contributed by atoms with Crippen molar-refractivity contribution in [1.82, 2.24) is 10.2 Å². The van der Waals surface area contributed by atoms with Crippen LogP contribution in [0.1, 0.15) is 32.6 Å². The summed E-state index contributed by atoms with van der Waals surface area (Å²) in [6, 6.07) is 0. The third kappa shape index (κ3) is 5.78. The molecule has 2 saturated heterocycles. The first-order chi connectivity index (χ1) is 9.79. The van der Waals surface area contributed by atoms with Gasteiger partial charge in [0.1, 0.15) is 0 Å². The maximum absolute atomic E-state index is 5.61. The molecule has 124 valence electrons. The van der Waals surface area contributed by atoms with E-state index in [9.17, 15) is 0 Å². The summed E-state index contributed by atoms with van der Waals surface area (Å²) in [5.74, 6) is 2.36. The fourth-order valence-electron chi connectivity index (χ4n) is 3.06. The molecular formula is C15H30IN3OS. The number of thioether (sulfide) groups is 1. The molecule has 6 heteroatoms. The molecule has 0 amide bonds. The van der Waals surface area contributed by atoms with Gasteiger partial charge in [-0.2, -0.15) is 11.8 Å². The minimum Gasteiger partial charge on any atom is -0.381 e. The lowest BCUT2D eigenvalue weighted by Gasteiger charge is -2.25. The number of ether oxygens (including phenoxy) is 1. The van der Waals surface area contributed by atoms with Crippen LogP contribution in [-0.4, -0.2) is 62.3 Å². The van der Waals surface area contributed by atoms with Crippen molar-refractivity contribution in [1.29, 1.82) is 0 Å². The Labute approximate surface area is 150 Å². The van der Waals surface area contributed by atoms with Gasteiger partial charge in [0.25, 0.3) is 0 Å². The number of halogens is 1. The molecule has 1 atom stereocenters. The fourth-order valence-corrected chi connectivity index (χ4v) is 3.55. The Hall–Kier alpha value is 0.310. The zero-order valence-corrected chi connectivity index (χ0v) is 16.5. The van der Waals surface area contributed by atoms with Crippen molar-refractivity contribution in [2.75, 3.05) is 51.4 Å². The predicted molar refractivity (Wildman–Crippen MR) is 103 cm³/mol. The summed E-state index contributed by atoms with van der Waals surface area (Å²) in [5, 5.41) is 3.45. The van der Waals surface area contributed by atoms with Gasteiger partial charge in [0, 0.05) is 38.2 Å². The number of likely N-dealkylation sites (tertiary alicyclic amines) is 1. The van der Waals surface area contributed by atoms with Gasteiger partial charge in [0.05, 0.1) is 6.61 Å². The topological polar surface area (TPSA) is 36.9 Å². The Bertz CT molecular complexity index is 322. The summed E-state index contributed by atoms with van der Waals surface area (Å²) in [6.07, 6.45) is 7.10. The van der Waals surface area contributed by atoms with Crippen LogP contribution in [0, 0.1) is 5.41 Å². The Balaban J connectivity index is 0.00000220. The molecule has 4 nitrogen and oxygen atoms in total. The molecule has 1 spiro atoms. The Morgan fingerprint density at radius 3 is 2.90 bits per heavy atom. The summed E-state index contributed by atoms with van der Waals surface area (Å²) in [6.45, 7) is 8.16. The Morgan fingerprint density at radius 1 is 1.38 bits per heavy atom. The number of hydrogen-bond acceptors (Lipinski definition) is 3. The van der Waals surface area contributed by atoms with Crippen LogP contribution in [0.15, 0.2) is 4.99 Å². The van der Waals surface area contributed by atoms with Crippen LogP contribution >= 0.6 is 35.7 Å². The lowest BCUT2D eigenvalue weighted by molar-refractivity contribution is 0.156. The van der Waals surface area contributed by atoms with Crippen LogP contribution in [0.3, 0.4) is 0 Å². The smallest absolute Gasteiger partial charge is 0.193 e. The highest BCUT2D eigenvalue weighted by Gasteiger charge is 2.42. The van der Waals surface area contributed by atoms with Crippen LogP contribution in [0.5, 0.6) is 0 Å². The van der Waals surface area contributed by atoms with Crippen molar-refractivity contribution < 1.29 is 4.74 Å². The molecule has 0 aromatic carbocycles. The van der Waals surface area contributed by atoms with E-state index in [1.807, 2.05) is 11.8 Å². The summed E-state index contributed by atoms with van der Waals surface area (Å²) < 4.78 is 5.61. The molecule has 21 heavy (non-hydrogen) atoms. The number of guanidine groups is 1. The van der Waals surface area contributed by atoms with E-state index in [2.05, 4.69) is 23.4 Å². The monoisotopic (exact) mass is 427 g/mol. The standard InChI is InChI=1S/C15H29N3OS.HI/c1-3-16-14(17-8-4-5-11-20-2)18-9-6-15(12-18)7-10-19-13-15;/h3-13H2,1-2H3,(H,16,17);1H. The van der Waals surface area contributed by atoms with E-state index in [4.69, 9.17) is 9.73 Å². The molecule has 2 rings (SSSR count). The summed E-state index contributed by atoms with van der Waals surface area (Å²) >= 11 is 1.92. The Morgan fingerprint density at radius 2 is 2.24 bits per heavy atom. The van der Waals surface area contributed by atoms with Crippen LogP contribution in [-0.2, 0) is 4.74 Å². The molecule has 2 aliphatic heterocycles. The van der Waals surface area contributed by atoms with E-state index in [1.165, 1.54) is 31.4 Å². The van der Waals surface area contributed by atoms with E-state index in [0.29, 0.717) is 5.41 Å². The molecule has 2 aliphatic rings. The molecule has 0 bridgehead atoms. The molecule has 1 unspecified atom stereocenters. The minimum absolute atomic E-state index is 0. The van der Waals surface area contributed by atoms with E-state index in [-0.39, 0.29) is 24.0 Å². The quantitative estimate of drug-likeness (QED) is 0.306. The second-order valence-electron chi connectivity index (χ2n) is 5.91. The number of nitrogens with one attached hydrogen (secondary N) is 1. The van der Waals surface area contributed by atoms with Gasteiger partial charge < -0.3 is 15.0 Å². The van der Waals surface area contributed by atoms with Gasteiger partial charge in [-0.1, -0.05) is 0 Å². The lowest BCUT2D eigenvalue weighted by atomic mass is 9.87. The predicted octanol–water partition coefficient (Wildman–Crippen LogP) is 2.83. The van der Waals surface area contributed by atoms with E-state index < -0.39 is 0 Å². The van der Waals surface area contributed by atoms with Crippen LogP contribution in [0.2, 0.25) is 0 Å². The lowest BCUT2D eigenvalue weighted by Crippen LogP contribution is -2.41. The zero-order chi connectivity index (χ0) is 14.3. The van der Waals surface area contributed by atoms with Gasteiger partial charge in [0.2, 0.25) is 0 Å². The molecule has 1 N–H and O–H groups in total. The molecule has 2 heterocycles. The maximum atomic E-state index is 5.61. The van der Waals surface area contributed by atoms with Crippen molar-refractivity contribution in [3.8, 4) is 0 Å². The average Bonchev–Trinajstić information content (AvgIpc) is 3.08. The third-order valence-electron chi connectivity index (χ3n) is 4.28. The largest absolute Gasteiger partial charge is 0.381 e. The summed E-state index contributed by atoms with van der Waals surface area (Å²) in [4.78, 5) is 7.24. The van der Waals surface area contributed by atoms with Gasteiger partial charge in [-0.25, -0.2) is 0 Å². The van der Waals surface area contributed by atoms with E-state index >= 15 is 0 Å². The third-order valence-corrected chi connectivity index (χ3v) is 4.97. The van der Waals surface area contributed by atoms with Crippen LogP contribution < -0.4 is 5.32 Å². The molecule has 0 aliphatic carbocycles. The van der Waals surface area contributed by atoms with Crippen molar-refractivity contribution in [3.63, 3.8) is 0 Å². The fraction of sp³-hybridized carbons (Fsp3) is 0.933. The van der Waals surface area contributed by atoms with Gasteiger partial charge in [-0.15, -0.1) is 24.0 Å². The second kappa shape index (κ2) is 10.2. The molecule has 2 fully saturated rings. The van der Waals surface area contributed by atoms with Crippen LogP contribution in [0.25, 0.3) is 0 Å². The van der Waals surface area contributed by atoms with E-state index in [0.717, 1.165) is 45.4 Å². The van der Waals surface area contributed by atoms with E-state index in [1.54, 1.807) is 0 Å². The number of rotatable bonds is 6. The molecular weight excluding hydrogens is 397 g/mol. The minimum atomic E-state index is 0. The first kappa shape index (κ1) is 19.4. The Kier molecular flexibility index (Phi) is 9.36. The SMILES string of the molecule is CCNC(=NCCCCSC)N1CCC2(CCOC2)C1.I. The molecule has 0 aromatic rings. The molecule has 0 saturated carbocycles. The maximum Gasteiger partial charge on any atom is 0.193 e. The highest BCUT2D eigenvalue weighted by atomic mass is 127. The average molecular weight is 427 g/mol. The van der Waals surface area contributed by atoms with Gasteiger partial charge in [-0.05, 0) is 44.6 Å². The second-order valence-corrected chi connectivity index (χ2v) is 6.90. The van der Waals surface area contributed by atoms with Gasteiger partial charge >= 0.3 is 0 Å². The van der Waals surface area contributed by atoms with Crippen molar-refractivity contribution in [2.24, 2.45) is 10.4 Å². The number of hydrogen-bond donors (Lipinski definition) is 1. The first-order valence-electron chi connectivity index (χ1n) is 7.90. The first-order valence-corrected chi connectivity index (χ1v) is 9.29. The summed E-state index contributed by atoms with van der Waals surface area (Å²) in [7, 11) is 0. The molecule has 0 aromatic heterocycles. The summed E-state index contributed by atoms with van der Waals surface area (Å²) in [5.41, 5.74) is 0.412. The van der Waals surface area contributed by atoms with Crippen LogP contribution in [0.4, 0.5) is 0 Å². The number of aliphatic imine (C=N–C) groups is 1. The van der Waals surface area contributed by atoms with Crippen molar-refractivity contribution in [3.05, 3.63) is 0 Å². The number of nitrogens with zero attached hydrogens (tertiary/aromatic N) is 2. The number of unbranched alkanes of at least 4 members (excludes halogenated alkanes) is 1. The van der Waals surface area contributed by atoms with Crippen molar-refractivity contribution >= 4 is 41.7 Å². The van der Waals surface area contributed by atoms with Crippen molar-refractivity contribution in [2.45, 2.75) is 32.6 Å². The zero-order valence-electron chi connectivity index (χ0n) is 13.4.